The van der Waals surface area contributed by atoms with Crippen molar-refractivity contribution < 1.29 is 4.79 Å². The maximum absolute atomic E-state index is 12.9. The summed E-state index contributed by atoms with van der Waals surface area (Å²) in [7, 11) is 0. The average molecular weight is 456 g/mol. The number of amides is 1. The number of benzene rings is 2. The second kappa shape index (κ2) is 9.11. The van der Waals surface area contributed by atoms with E-state index in [2.05, 4.69) is 15.5 Å². The molecule has 0 saturated heterocycles. The molecule has 0 fully saturated rings. The molecule has 0 aliphatic carbocycles. The van der Waals surface area contributed by atoms with Crippen LogP contribution in [-0.2, 0) is 11.3 Å². The summed E-state index contributed by atoms with van der Waals surface area (Å²) in [5, 5.41) is 13.3. The molecule has 0 aliphatic heterocycles. The van der Waals surface area contributed by atoms with Crippen molar-refractivity contribution in [2.45, 2.75) is 38.0 Å². The number of hydrogen-bond donors (Lipinski definition) is 1. The van der Waals surface area contributed by atoms with Crippen LogP contribution < -0.4 is 10.9 Å². The van der Waals surface area contributed by atoms with Gasteiger partial charge in [-0.05, 0) is 37.1 Å². The zero-order valence-corrected chi connectivity index (χ0v) is 18.8. The summed E-state index contributed by atoms with van der Waals surface area (Å²) in [6.07, 6.45) is 0.797. The first-order valence-electron chi connectivity index (χ1n) is 10.0. The topological polar surface area (TPSA) is 81.3 Å². The largest absolute Gasteiger partial charge is 0.349 e. The fraction of sp³-hybridized carbons (Fsp3) is 0.273. The van der Waals surface area contributed by atoms with Gasteiger partial charge in [0.2, 0.25) is 11.7 Å². The second-order valence-electron chi connectivity index (χ2n) is 7.19. The molecule has 1 unspecified atom stereocenters. The molecule has 1 atom stereocenters. The van der Waals surface area contributed by atoms with Crippen LogP contribution in [-0.4, -0.2) is 30.8 Å². The number of para-hydroxylation sites is 1. The van der Waals surface area contributed by atoms with Crippen molar-refractivity contribution in [1.29, 1.82) is 0 Å². The Morgan fingerprint density at radius 3 is 2.68 bits per heavy atom. The second-order valence-corrected chi connectivity index (χ2v) is 8.54. The van der Waals surface area contributed by atoms with Crippen molar-refractivity contribution in [3.63, 3.8) is 0 Å². The molecule has 160 valence electrons. The molecule has 0 bridgehead atoms. The summed E-state index contributed by atoms with van der Waals surface area (Å²) < 4.78 is 3.49. The normalized spacial score (nSPS) is 12.4. The summed E-state index contributed by atoms with van der Waals surface area (Å²) in [5.74, 6) is 0.509. The Balaban J connectivity index is 1.60. The molecule has 4 aromatic rings. The van der Waals surface area contributed by atoms with Gasteiger partial charge in [-0.15, -0.1) is 10.2 Å². The highest BCUT2D eigenvalue weighted by molar-refractivity contribution is 7.99. The number of nitrogens with one attached hydrogen (secondary N) is 1. The maximum Gasteiger partial charge on any atom is 0.262 e. The predicted molar refractivity (Wildman–Crippen MR) is 124 cm³/mol. The molecule has 0 spiro atoms. The van der Waals surface area contributed by atoms with Gasteiger partial charge in [-0.3, -0.25) is 18.6 Å². The van der Waals surface area contributed by atoms with E-state index >= 15 is 0 Å². The van der Waals surface area contributed by atoms with Crippen LogP contribution in [0.3, 0.4) is 0 Å². The maximum atomic E-state index is 12.9. The Labute approximate surface area is 188 Å². The van der Waals surface area contributed by atoms with Crippen LogP contribution in [0.4, 0.5) is 0 Å². The van der Waals surface area contributed by atoms with Crippen molar-refractivity contribution in [3.05, 3.63) is 69.5 Å². The average Bonchev–Trinajstić information content (AvgIpc) is 3.19. The summed E-state index contributed by atoms with van der Waals surface area (Å²) in [5.41, 5.74) is 1.51. The number of aromatic nitrogens is 4. The van der Waals surface area contributed by atoms with Gasteiger partial charge in [0.05, 0.1) is 22.7 Å². The molecule has 2 aromatic carbocycles. The monoisotopic (exact) mass is 455 g/mol. The molecule has 0 aliphatic rings. The minimum absolute atomic E-state index is 0.0831. The predicted octanol–water partition coefficient (Wildman–Crippen LogP) is 4.08. The third-order valence-electron chi connectivity index (χ3n) is 5.01. The number of fused-ring (bicyclic) bond motifs is 3. The first-order chi connectivity index (χ1) is 15.0. The van der Waals surface area contributed by atoms with Gasteiger partial charge in [0, 0.05) is 11.6 Å². The Morgan fingerprint density at radius 1 is 1.16 bits per heavy atom. The molecule has 31 heavy (non-hydrogen) atoms. The molecule has 0 radical (unpaired) electrons. The molecule has 4 rings (SSSR count). The van der Waals surface area contributed by atoms with Crippen molar-refractivity contribution >= 4 is 46.0 Å². The lowest BCUT2D eigenvalue weighted by Gasteiger charge is -2.15. The summed E-state index contributed by atoms with van der Waals surface area (Å²) in [6, 6.07) is 14.6. The van der Waals surface area contributed by atoms with Crippen LogP contribution in [0.5, 0.6) is 0 Å². The number of thioether (sulfide) groups is 1. The Bertz CT molecular complexity index is 1320. The van der Waals surface area contributed by atoms with Gasteiger partial charge < -0.3 is 5.32 Å². The van der Waals surface area contributed by atoms with Gasteiger partial charge in [-0.2, -0.15) is 0 Å². The van der Waals surface area contributed by atoms with E-state index < -0.39 is 0 Å². The van der Waals surface area contributed by atoms with Gasteiger partial charge in [0.25, 0.3) is 5.56 Å². The SMILES string of the molecule is CCCn1c(=O)c2ccccc2n2c(SCC(=O)NC(C)c3ccccc3Cl)nnc12. The quantitative estimate of drug-likeness (QED) is 0.425. The van der Waals surface area contributed by atoms with E-state index in [-0.39, 0.29) is 23.3 Å². The summed E-state index contributed by atoms with van der Waals surface area (Å²) in [6.45, 7) is 4.45. The number of carbonyl (C=O) groups is 1. The molecule has 1 N–H and O–H groups in total. The molecule has 0 saturated carbocycles. The van der Waals surface area contributed by atoms with Crippen LogP contribution in [0, 0.1) is 0 Å². The minimum Gasteiger partial charge on any atom is -0.349 e. The number of carbonyl (C=O) groups excluding carboxylic acids is 1. The van der Waals surface area contributed by atoms with E-state index in [4.69, 9.17) is 11.6 Å². The molecular weight excluding hydrogens is 434 g/mol. The van der Waals surface area contributed by atoms with Gasteiger partial charge in [0.15, 0.2) is 5.16 Å². The van der Waals surface area contributed by atoms with Crippen molar-refractivity contribution in [1.82, 2.24) is 24.5 Å². The van der Waals surface area contributed by atoms with Crippen LogP contribution in [0.1, 0.15) is 31.9 Å². The molecule has 7 nitrogen and oxygen atoms in total. The number of nitrogens with zero attached hydrogens (tertiary/aromatic N) is 4. The Hall–Kier alpha value is -2.84. The lowest BCUT2D eigenvalue weighted by Crippen LogP contribution is -2.28. The molecule has 2 heterocycles. The highest BCUT2D eigenvalue weighted by Crippen LogP contribution is 2.24. The molecule has 9 heteroatoms. The van der Waals surface area contributed by atoms with Crippen molar-refractivity contribution in [3.8, 4) is 0 Å². The first kappa shape index (κ1) is 21.4. The standard InChI is InChI=1S/C22H22ClN5O2S/c1-3-12-27-20(30)16-9-5-7-11-18(16)28-21(27)25-26-22(28)31-13-19(29)24-14(2)15-8-4-6-10-17(15)23/h4-11,14H,3,12-13H2,1-2H3,(H,24,29). The Kier molecular flexibility index (Phi) is 6.29. The van der Waals surface area contributed by atoms with Crippen molar-refractivity contribution in [2.75, 3.05) is 5.75 Å². The van der Waals surface area contributed by atoms with Crippen LogP contribution in [0.2, 0.25) is 5.02 Å². The zero-order valence-electron chi connectivity index (χ0n) is 17.2. The van der Waals surface area contributed by atoms with E-state index in [1.807, 2.05) is 54.6 Å². The van der Waals surface area contributed by atoms with Gasteiger partial charge >= 0.3 is 0 Å². The van der Waals surface area contributed by atoms with Crippen LogP contribution >= 0.6 is 23.4 Å². The molecule has 1 amide bonds. The van der Waals surface area contributed by atoms with Crippen LogP contribution in [0.25, 0.3) is 16.7 Å². The lowest BCUT2D eigenvalue weighted by molar-refractivity contribution is -0.119. The number of rotatable bonds is 7. The third kappa shape index (κ3) is 4.18. The summed E-state index contributed by atoms with van der Waals surface area (Å²) in [4.78, 5) is 25.5. The van der Waals surface area contributed by atoms with Gasteiger partial charge in [0.1, 0.15) is 0 Å². The smallest absolute Gasteiger partial charge is 0.262 e. The van der Waals surface area contributed by atoms with E-state index in [0.717, 1.165) is 17.5 Å². The van der Waals surface area contributed by atoms with Gasteiger partial charge in [-0.1, -0.05) is 60.6 Å². The number of halogens is 1. The van der Waals surface area contributed by atoms with Crippen LogP contribution in [0.15, 0.2) is 58.5 Å². The van der Waals surface area contributed by atoms with Crippen molar-refractivity contribution in [2.24, 2.45) is 0 Å². The highest BCUT2D eigenvalue weighted by Gasteiger charge is 2.18. The zero-order chi connectivity index (χ0) is 22.0. The first-order valence-corrected chi connectivity index (χ1v) is 11.4. The third-order valence-corrected chi connectivity index (χ3v) is 6.28. The van der Waals surface area contributed by atoms with E-state index in [1.165, 1.54) is 11.8 Å². The number of aryl methyl sites for hydroxylation is 1. The fourth-order valence-corrected chi connectivity index (χ4v) is 4.62. The summed E-state index contributed by atoms with van der Waals surface area (Å²) >= 11 is 7.51. The van der Waals surface area contributed by atoms with E-state index in [0.29, 0.717) is 27.9 Å². The van der Waals surface area contributed by atoms with E-state index in [1.54, 1.807) is 16.7 Å². The Morgan fingerprint density at radius 2 is 1.90 bits per heavy atom. The number of hydrogen-bond acceptors (Lipinski definition) is 5. The minimum atomic E-state index is -0.215. The molecular formula is C22H22ClN5O2S. The fourth-order valence-electron chi connectivity index (χ4n) is 3.57. The lowest BCUT2D eigenvalue weighted by atomic mass is 10.1. The molecule has 2 aromatic heterocycles. The van der Waals surface area contributed by atoms with E-state index in [9.17, 15) is 9.59 Å². The van der Waals surface area contributed by atoms with Gasteiger partial charge in [-0.25, -0.2) is 0 Å². The highest BCUT2D eigenvalue weighted by atomic mass is 35.5.